The SMILES string of the molecule is CCC(=O)N1C(=O)O[C@@H]([C]2[CH][CH][CH][CH]2)[C@H]1Cc1ccccc1.[CH]1[CH][CH][CH][CH]1.[Fe+2]. The van der Waals surface area contributed by atoms with Gasteiger partial charge in [0.05, 0.1) is 6.04 Å². The molecule has 0 spiro atoms. The zero-order chi connectivity index (χ0) is 19.1. The van der Waals surface area contributed by atoms with Crippen molar-refractivity contribution >= 4 is 12.0 Å². The van der Waals surface area contributed by atoms with Gasteiger partial charge in [-0.15, -0.1) is 0 Å². The van der Waals surface area contributed by atoms with Crippen molar-refractivity contribution in [2.45, 2.75) is 31.9 Å². The summed E-state index contributed by atoms with van der Waals surface area (Å²) in [5.74, 6) is 0.737. The Morgan fingerprint density at radius 2 is 1.54 bits per heavy atom. The van der Waals surface area contributed by atoms with E-state index in [2.05, 4.69) is 0 Å². The van der Waals surface area contributed by atoms with Crippen molar-refractivity contribution < 1.29 is 31.4 Å². The summed E-state index contributed by atoms with van der Waals surface area (Å²) >= 11 is 0. The number of amides is 2. The molecule has 4 nitrogen and oxygen atoms in total. The number of carbonyl (C=O) groups excluding carboxylic acids is 2. The van der Waals surface area contributed by atoms with Crippen LogP contribution >= 0.6 is 0 Å². The first kappa shape index (κ1) is 23.0. The first-order chi connectivity index (χ1) is 13.2. The van der Waals surface area contributed by atoms with Crippen LogP contribution in [0, 0.1) is 63.7 Å². The topological polar surface area (TPSA) is 46.6 Å². The molecular formula is C23H23FeNO3+2. The summed E-state index contributed by atoms with van der Waals surface area (Å²) in [6.45, 7) is 1.75. The van der Waals surface area contributed by atoms with Crippen LogP contribution in [-0.4, -0.2) is 29.0 Å². The molecule has 3 fully saturated rings. The average Bonchev–Trinajstić information content (AvgIpc) is 3.46. The molecule has 1 aromatic carbocycles. The van der Waals surface area contributed by atoms with Gasteiger partial charge in [-0.2, -0.15) is 0 Å². The number of benzene rings is 1. The van der Waals surface area contributed by atoms with Gasteiger partial charge in [-0.3, -0.25) is 4.79 Å². The van der Waals surface area contributed by atoms with Crippen LogP contribution in [0.4, 0.5) is 4.79 Å². The first-order valence-corrected chi connectivity index (χ1v) is 9.15. The van der Waals surface area contributed by atoms with Gasteiger partial charge in [0, 0.05) is 12.3 Å². The molecule has 0 aromatic heterocycles. The van der Waals surface area contributed by atoms with E-state index < -0.39 is 12.2 Å². The maximum atomic E-state index is 12.2. The smallest absolute Gasteiger partial charge is 0.443 e. The van der Waals surface area contributed by atoms with Crippen molar-refractivity contribution in [2.24, 2.45) is 0 Å². The quantitative estimate of drug-likeness (QED) is 0.701. The van der Waals surface area contributed by atoms with Gasteiger partial charge < -0.3 is 4.74 Å². The van der Waals surface area contributed by atoms with Crippen molar-refractivity contribution in [3.8, 4) is 0 Å². The molecule has 1 saturated heterocycles. The predicted octanol–water partition coefficient (Wildman–Crippen LogP) is 3.78. The molecule has 1 heterocycles. The normalized spacial score (nSPS) is 24.3. The zero-order valence-electron chi connectivity index (χ0n) is 15.7. The second-order valence-corrected chi connectivity index (χ2v) is 6.36. The van der Waals surface area contributed by atoms with Gasteiger partial charge >= 0.3 is 23.2 Å². The van der Waals surface area contributed by atoms with Crippen molar-refractivity contribution in [3.63, 3.8) is 0 Å². The standard InChI is InChI=1S/C18H18NO3.C5H5.Fe/c1-2-16(20)19-15(12-13-8-4-3-5-9-13)17(22-18(19)21)14-10-6-7-11-14;1-2-4-5-3-1;/h3-11,15,17H,2,12H2,1H3;1-5H;/q;;+2/t15-,17+;;/m1../s1. The summed E-state index contributed by atoms with van der Waals surface area (Å²) < 4.78 is 5.49. The number of imide groups is 1. The Kier molecular flexibility index (Phi) is 9.53. The van der Waals surface area contributed by atoms with Gasteiger partial charge in [-0.1, -0.05) is 37.3 Å². The van der Waals surface area contributed by atoms with E-state index in [1.807, 2.05) is 88.1 Å². The van der Waals surface area contributed by atoms with Crippen LogP contribution in [0.25, 0.3) is 0 Å². The Bertz CT molecular complexity index is 604. The predicted molar refractivity (Wildman–Crippen MR) is 103 cm³/mol. The molecule has 2 atom stereocenters. The molecule has 28 heavy (non-hydrogen) atoms. The maximum Gasteiger partial charge on any atom is 2.00 e. The molecule has 2 aliphatic carbocycles. The maximum absolute atomic E-state index is 12.2. The number of nitrogens with zero attached hydrogens (tertiary/aromatic N) is 1. The molecule has 0 unspecified atom stereocenters. The molecule has 0 N–H and O–H groups in total. The van der Waals surface area contributed by atoms with Crippen LogP contribution in [0.15, 0.2) is 30.3 Å². The third kappa shape index (κ3) is 5.84. The Hall–Kier alpha value is -1.32. The third-order valence-corrected chi connectivity index (χ3v) is 4.54. The van der Waals surface area contributed by atoms with E-state index in [0.29, 0.717) is 6.42 Å². The van der Waals surface area contributed by atoms with Crippen molar-refractivity contribution in [3.05, 3.63) is 99.6 Å². The fraction of sp³-hybridized carbons (Fsp3) is 0.217. The second kappa shape index (κ2) is 11.6. The van der Waals surface area contributed by atoms with Crippen LogP contribution in [-0.2, 0) is 33.0 Å². The number of rotatable bonds is 4. The molecule has 1 aliphatic heterocycles. The molecule has 0 bridgehead atoms. The molecular weight excluding hydrogens is 394 g/mol. The van der Waals surface area contributed by atoms with Crippen LogP contribution in [0.1, 0.15) is 18.9 Å². The van der Waals surface area contributed by atoms with Crippen molar-refractivity contribution in [1.82, 2.24) is 4.90 Å². The summed E-state index contributed by atoms with van der Waals surface area (Å²) in [7, 11) is 0. The van der Waals surface area contributed by atoms with Gasteiger partial charge in [0.15, 0.2) is 0 Å². The average molecular weight is 417 g/mol. The Balaban J connectivity index is 0.000000408. The fourth-order valence-corrected chi connectivity index (χ4v) is 3.22. The number of cyclic esters (lactones) is 1. The Morgan fingerprint density at radius 1 is 0.964 bits per heavy atom. The monoisotopic (exact) mass is 417 g/mol. The van der Waals surface area contributed by atoms with E-state index in [-0.39, 0.29) is 35.4 Å². The minimum Gasteiger partial charge on any atom is -0.443 e. The first-order valence-electron chi connectivity index (χ1n) is 9.15. The van der Waals surface area contributed by atoms with Crippen LogP contribution < -0.4 is 0 Å². The second-order valence-electron chi connectivity index (χ2n) is 6.36. The summed E-state index contributed by atoms with van der Waals surface area (Å²) in [6.07, 6.45) is 17.6. The molecule has 1 aromatic rings. The number of carbonyl (C=O) groups is 2. The van der Waals surface area contributed by atoms with E-state index in [1.165, 1.54) is 4.90 Å². The van der Waals surface area contributed by atoms with Crippen molar-refractivity contribution in [1.29, 1.82) is 0 Å². The molecule has 10 radical (unpaired) electrons. The van der Waals surface area contributed by atoms with Crippen LogP contribution in [0.5, 0.6) is 0 Å². The Morgan fingerprint density at radius 3 is 2.07 bits per heavy atom. The number of ether oxygens (including phenoxy) is 1. The molecule has 5 heteroatoms. The minimum atomic E-state index is -0.543. The largest absolute Gasteiger partial charge is 2.00 e. The molecule has 2 amide bonds. The van der Waals surface area contributed by atoms with Gasteiger partial charge in [0.25, 0.3) is 0 Å². The number of hydrogen-bond donors (Lipinski definition) is 0. The van der Waals surface area contributed by atoms with Crippen LogP contribution in [0.3, 0.4) is 0 Å². The van der Waals surface area contributed by atoms with Gasteiger partial charge in [-0.05, 0) is 69.8 Å². The summed E-state index contributed by atoms with van der Waals surface area (Å²) in [6, 6.07) is 9.56. The van der Waals surface area contributed by atoms with E-state index in [9.17, 15) is 9.59 Å². The molecule has 3 aliphatic rings. The van der Waals surface area contributed by atoms with E-state index >= 15 is 0 Å². The summed E-state index contributed by atoms with van der Waals surface area (Å²) in [4.78, 5) is 25.6. The summed E-state index contributed by atoms with van der Waals surface area (Å²) in [5, 5.41) is 0. The summed E-state index contributed by atoms with van der Waals surface area (Å²) in [5.41, 5.74) is 1.08. The van der Waals surface area contributed by atoms with E-state index in [4.69, 9.17) is 4.74 Å². The third-order valence-electron chi connectivity index (χ3n) is 4.54. The van der Waals surface area contributed by atoms with Crippen LogP contribution in [0.2, 0.25) is 0 Å². The molecule has 144 valence electrons. The van der Waals surface area contributed by atoms with Gasteiger partial charge in [-0.25, -0.2) is 9.69 Å². The molecule has 4 rings (SSSR count). The minimum absolute atomic E-state index is 0. The van der Waals surface area contributed by atoms with E-state index in [0.717, 1.165) is 11.5 Å². The van der Waals surface area contributed by atoms with Gasteiger partial charge in [0.1, 0.15) is 6.10 Å². The van der Waals surface area contributed by atoms with E-state index in [1.54, 1.807) is 6.92 Å². The number of hydrogen-bond acceptors (Lipinski definition) is 3. The Labute approximate surface area is 179 Å². The van der Waals surface area contributed by atoms with Gasteiger partial charge in [0.2, 0.25) is 5.91 Å². The molecule has 2 saturated carbocycles. The fourth-order valence-electron chi connectivity index (χ4n) is 3.22. The zero-order valence-corrected chi connectivity index (χ0v) is 16.8. The van der Waals surface area contributed by atoms with Crippen molar-refractivity contribution in [2.75, 3.05) is 0 Å².